The zero-order valence-electron chi connectivity index (χ0n) is 15.7. The number of fused-ring (bicyclic) bond motifs is 3. The number of nitrogens with zero attached hydrogens (tertiary/aromatic N) is 3. The fourth-order valence-electron chi connectivity index (χ4n) is 4.35. The monoisotopic (exact) mass is 417 g/mol. The van der Waals surface area contributed by atoms with Crippen LogP contribution in [0.25, 0.3) is 0 Å². The maximum atomic E-state index is 11.4. The molecule has 0 radical (unpaired) electrons. The summed E-state index contributed by atoms with van der Waals surface area (Å²) in [5.41, 5.74) is 4.33. The molecule has 0 unspecified atom stereocenters. The van der Waals surface area contributed by atoms with Gasteiger partial charge in [-0.2, -0.15) is 10.4 Å². The van der Waals surface area contributed by atoms with Crippen LogP contribution in [0.5, 0.6) is 0 Å². The quantitative estimate of drug-likeness (QED) is 0.645. The molecule has 0 bridgehead atoms. The molecule has 3 aromatic rings. The smallest absolute Gasteiger partial charge is 0.335 e. The number of aryl methyl sites for hydroxylation is 1. The van der Waals surface area contributed by atoms with Gasteiger partial charge in [-0.05, 0) is 60.9 Å². The van der Waals surface area contributed by atoms with Gasteiger partial charge < -0.3 is 9.52 Å². The molecule has 0 fully saturated rings. The molecule has 30 heavy (non-hydrogen) atoms. The number of halogens is 1. The van der Waals surface area contributed by atoms with Crippen molar-refractivity contribution in [3.05, 3.63) is 87.8 Å². The molecule has 7 heteroatoms. The highest BCUT2D eigenvalue weighted by atomic mass is 35.5. The zero-order valence-corrected chi connectivity index (χ0v) is 16.5. The summed E-state index contributed by atoms with van der Waals surface area (Å²) in [6, 6.07) is 16.2. The van der Waals surface area contributed by atoms with Crippen molar-refractivity contribution in [2.75, 3.05) is 5.01 Å². The van der Waals surface area contributed by atoms with E-state index in [1.165, 1.54) is 0 Å². The average molecular weight is 418 g/mol. The maximum Gasteiger partial charge on any atom is 0.335 e. The van der Waals surface area contributed by atoms with Crippen molar-refractivity contribution in [1.29, 1.82) is 5.26 Å². The average Bonchev–Trinajstić information content (AvgIpc) is 3.40. The lowest BCUT2D eigenvalue weighted by molar-refractivity contribution is 0.0696. The molecule has 5 rings (SSSR count). The Balaban J connectivity index is 1.63. The topological polar surface area (TPSA) is 89.8 Å². The number of rotatable bonds is 3. The van der Waals surface area contributed by atoms with Gasteiger partial charge in [-0.3, -0.25) is 5.01 Å². The van der Waals surface area contributed by atoms with E-state index in [-0.39, 0.29) is 17.5 Å². The molecule has 2 heterocycles. The second-order valence-electron chi connectivity index (χ2n) is 7.39. The van der Waals surface area contributed by atoms with E-state index >= 15 is 0 Å². The Bertz CT molecular complexity index is 1230. The molecule has 0 saturated heterocycles. The summed E-state index contributed by atoms with van der Waals surface area (Å²) in [7, 11) is 0. The van der Waals surface area contributed by atoms with Crippen molar-refractivity contribution < 1.29 is 14.3 Å². The second kappa shape index (κ2) is 7.05. The molecule has 2 aliphatic rings. The van der Waals surface area contributed by atoms with Gasteiger partial charge in [0.05, 0.1) is 33.8 Å². The molecule has 0 saturated carbocycles. The molecule has 6 nitrogen and oxygen atoms in total. The largest absolute Gasteiger partial charge is 0.478 e. The Morgan fingerprint density at radius 3 is 2.83 bits per heavy atom. The normalized spacial score (nSPS) is 19.6. The summed E-state index contributed by atoms with van der Waals surface area (Å²) in [4.78, 5) is 11.4. The number of anilines is 1. The number of hydrogen-bond acceptors (Lipinski definition) is 5. The van der Waals surface area contributed by atoms with Gasteiger partial charge in [0, 0.05) is 11.5 Å². The fourth-order valence-corrected chi connectivity index (χ4v) is 4.57. The molecule has 1 aliphatic carbocycles. The number of carbonyl (C=O) groups is 1. The molecular weight excluding hydrogens is 402 g/mol. The van der Waals surface area contributed by atoms with Gasteiger partial charge in [-0.1, -0.05) is 17.7 Å². The van der Waals surface area contributed by atoms with Gasteiger partial charge in [0.25, 0.3) is 0 Å². The van der Waals surface area contributed by atoms with Crippen molar-refractivity contribution in [3.8, 4) is 6.07 Å². The molecule has 0 spiro atoms. The Kier molecular flexibility index (Phi) is 4.34. The van der Waals surface area contributed by atoms with Crippen LogP contribution in [-0.4, -0.2) is 16.8 Å². The SMILES string of the molecule is N#Cc1ccc(N2N=C3c4ccc(C(=O)O)cc4CC[C@H]3[C@H]2c2ccco2)cc1Cl. The van der Waals surface area contributed by atoms with E-state index in [4.69, 9.17) is 21.1 Å². The number of furan rings is 1. The van der Waals surface area contributed by atoms with Crippen LogP contribution in [0.2, 0.25) is 5.02 Å². The summed E-state index contributed by atoms with van der Waals surface area (Å²) in [6.07, 6.45) is 3.23. The van der Waals surface area contributed by atoms with Crippen LogP contribution >= 0.6 is 11.6 Å². The number of carboxylic acid groups (broad SMARTS) is 1. The molecule has 1 N–H and O–H groups in total. The van der Waals surface area contributed by atoms with E-state index in [0.29, 0.717) is 10.6 Å². The number of nitriles is 1. The van der Waals surface area contributed by atoms with Crippen molar-refractivity contribution >= 4 is 29.0 Å². The minimum absolute atomic E-state index is 0.0914. The number of benzene rings is 2. The van der Waals surface area contributed by atoms with Gasteiger partial charge >= 0.3 is 5.97 Å². The van der Waals surface area contributed by atoms with Crippen molar-refractivity contribution in [2.45, 2.75) is 18.9 Å². The van der Waals surface area contributed by atoms with Crippen LogP contribution in [0.1, 0.15) is 45.3 Å². The predicted octanol–water partition coefficient (Wildman–Crippen LogP) is 5.03. The van der Waals surface area contributed by atoms with Gasteiger partial charge in [0.2, 0.25) is 0 Å². The minimum Gasteiger partial charge on any atom is -0.478 e. The molecule has 2 aromatic carbocycles. The van der Waals surface area contributed by atoms with Gasteiger partial charge in [0.15, 0.2) is 0 Å². The van der Waals surface area contributed by atoms with E-state index in [0.717, 1.165) is 41.1 Å². The third-order valence-electron chi connectivity index (χ3n) is 5.74. The molecule has 0 amide bonds. The molecule has 148 valence electrons. The highest BCUT2D eigenvalue weighted by Crippen LogP contribution is 2.46. The van der Waals surface area contributed by atoms with Crippen molar-refractivity contribution in [3.63, 3.8) is 0 Å². The van der Waals surface area contributed by atoms with Crippen LogP contribution in [-0.2, 0) is 6.42 Å². The molecule has 1 aliphatic heterocycles. The van der Waals surface area contributed by atoms with Crippen LogP contribution in [0.15, 0.2) is 64.3 Å². The number of aromatic carboxylic acids is 1. The fraction of sp³-hybridized carbons (Fsp3) is 0.174. The summed E-state index contributed by atoms with van der Waals surface area (Å²) >= 11 is 6.28. The lowest BCUT2D eigenvalue weighted by atomic mass is 9.78. The number of hydrogen-bond donors (Lipinski definition) is 1. The standard InChI is InChI=1S/C23H16ClN3O3/c24-19-11-16(6-3-15(19)12-25)27-22(20-2-1-9-30-20)18-8-4-13-10-14(23(28)29)5-7-17(13)21(18)26-27/h1-3,5-7,9-11,18,22H,4,8H2,(H,28,29)/t18-,22+/m1/s1. The summed E-state index contributed by atoms with van der Waals surface area (Å²) in [5.74, 6) is -0.0471. The summed E-state index contributed by atoms with van der Waals surface area (Å²) < 4.78 is 5.75. The molecule has 2 atom stereocenters. The van der Waals surface area contributed by atoms with E-state index in [1.807, 2.05) is 29.3 Å². The zero-order chi connectivity index (χ0) is 20.8. The Morgan fingerprint density at radius 1 is 1.27 bits per heavy atom. The first kappa shape index (κ1) is 18.5. The number of hydrazone groups is 1. The van der Waals surface area contributed by atoms with E-state index in [1.54, 1.807) is 30.5 Å². The van der Waals surface area contributed by atoms with E-state index in [2.05, 4.69) is 6.07 Å². The lowest BCUT2D eigenvalue weighted by Crippen LogP contribution is -2.28. The third kappa shape index (κ3) is 2.87. The highest BCUT2D eigenvalue weighted by Gasteiger charge is 2.43. The second-order valence-corrected chi connectivity index (χ2v) is 7.80. The minimum atomic E-state index is -0.935. The first-order valence-electron chi connectivity index (χ1n) is 9.54. The summed E-state index contributed by atoms with van der Waals surface area (Å²) in [6.45, 7) is 0. The van der Waals surface area contributed by atoms with Crippen LogP contribution in [0, 0.1) is 17.2 Å². The van der Waals surface area contributed by atoms with Gasteiger partial charge in [-0.25, -0.2) is 4.79 Å². The predicted molar refractivity (Wildman–Crippen MR) is 112 cm³/mol. The first-order chi connectivity index (χ1) is 14.6. The van der Waals surface area contributed by atoms with E-state index in [9.17, 15) is 15.2 Å². The van der Waals surface area contributed by atoms with Crippen molar-refractivity contribution in [2.24, 2.45) is 11.0 Å². The summed E-state index contributed by atoms with van der Waals surface area (Å²) in [5, 5.41) is 25.7. The Morgan fingerprint density at radius 2 is 2.13 bits per heavy atom. The van der Waals surface area contributed by atoms with Crippen LogP contribution in [0.4, 0.5) is 5.69 Å². The van der Waals surface area contributed by atoms with Gasteiger partial charge in [0.1, 0.15) is 17.9 Å². The molecular formula is C23H16ClN3O3. The first-order valence-corrected chi connectivity index (χ1v) is 9.92. The molecule has 1 aromatic heterocycles. The van der Waals surface area contributed by atoms with Crippen molar-refractivity contribution in [1.82, 2.24) is 0 Å². The third-order valence-corrected chi connectivity index (χ3v) is 6.05. The lowest BCUT2D eigenvalue weighted by Gasteiger charge is -2.29. The maximum absolute atomic E-state index is 11.4. The Hall–Kier alpha value is -3.56. The van der Waals surface area contributed by atoms with Crippen LogP contribution < -0.4 is 5.01 Å². The number of carboxylic acids is 1. The van der Waals surface area contributed by atoms with Crippen LogP contribution in [0.3, 0.4) is 0 Å². The highest BCUT2D eigenvalue weighted by molar-refractivity contribution is 6.32. The van der Waals surface area contributed by atoms with Gasteiger partial charge in [-0.15, -0.1) is 0 Å². The van der Waals surface area contributed by atoms with E-state index < -0.39 is 5.97 Å². The Labute approximate surface area is 177 Å².